The number of nitrogens with one attached hydrogen (secondary N) is 1. The van der Waals surface area contributed by atoms with E-state index in [0.717, 1.165) is 5.56 Å². The van der Waals surface area contributed by atoms with Crippen LogP contribution in [0.4, 0.5) is 5.69 Å². The Morgan fingerprint density at radius 1 is 0.769 bits per heavy atom. The number of nitrogens with zero attached hydrogens (tertiary/aromatic N) is 1. The molecule has 0 heterocycles. The molecule has 0 spiro atoms. The molecule has 0 aliphatic rings. The fraction of sp³-hybridized carbons (Fsp3) is 0.167. The Labute approximate surface area is 228 Å². The average molecular weight is 547 g/mol. The Morgan fingerprint density at radius 3 is 2.03 bits per heavy atom. The summed E-state index contributed by atoms with van der Waals surface area (Å²) in [6, 6.07) is 30.1. The summed E-state index contributed by atoms with van der Waals surface area (Å²) in [5.41, 5.74) is 1.48. The van der Waals surface area contributed by atoms with E-state index < -0.39 is 15.9 Å². The standard InChI is InChI=1S/C30H30N2O6S/c1-36-28-18-17-27(21-29(28)37-2)39(34,35)32(20-19-23-9-5-3-6-10-23)22-30(33)31-24-13-15-26(16-14-24)38-25-11-7-4-8-12-25/h3-18,21H,19-20,22H2,1-2H3,(H,31,33). The van der Waals surface area contributed by atoms with Gasteiger partial charge in [0.15, 0.2) is 11.5 Å². The fourth-order valence-electron chi connectivity index (χ4n) is 3.90. The summed E-state index contributed by atoms with van der Waals surface area (Å²) in [6.45, 7) is -0.260. The highest BCUT2D eigenvalue weighted by atomic mass is 32.2. The molecule has 0 aliphatic heterocycles. The second kappa shape index (κ2) is 12.9. The Bertz CT molecular complexity index is 1480. The maximum Gasteiger partial charge on any atom is 0.243 e. The van der Waals surface area contributed by atoms with E-state index in [4.69, 9.17) is 14.2 Å². The number of carbonyl (C=O) groups is 1. The molecule has 1 amide bonds. The van der Waals surface area contributed by atoms with Gasteiger partial charge in [0, 0.05) is 18.3 Å². The van der Waals surface area contributed by atoms with Gasteiger partial charge in [-0.05, 0) is 60.5 Å². The molecule has 1 N–H and O–H groups in total. The summed E-state index contributed by atoms with van der Waals surface area (Å²) in [7, 11) is -1.13. The molecule has 0 aromatic heterocycles. The van der Waals surface area contributed by atoms with Crippen molar-refractivity contribution in [3.05, 3.63) is 109 Å². The second-order valence-corrected chi connectivity index (χ2v) is 10.5. The van der Waals surface area contributed by atoms with Crippen LogP contribution in [0.25, 0.3) is 0 Å². The quantitative estimate of drug-likeness (QED) is 0.257. The van der Waals surface area contributed by atoms with E-state index in [1.54, 1.807) is 24.3 Å². The van der Waals surface area contributed by atoms with Crippen LogP contribution in [0.15, 0.2) is 108 Å². The van der Waals surface area contributed by atoms with Gasteiger partial charge < -0.3 is 19.5 Å². The molecule has 0 unspecified atom stereocenters. The van der Waals surface area contributed by atoms with Crippen molar-refractivity contribution in [3.63, 3.8) is 0 Å². The third kappa shape index (κ3) is 7.37. The fourth-order valence-corrected chi connectivity index (χ4v) is 5.31. The van der Waals surface area contributed by atoms with Crippen LogP contribution >= 0.6 is 0 Å². The summed E-state index contributed by atoms with van der Waals surface area (Å²) < 4.78 is 44.8. The molecule has 39 heavy (non-hydrogen) atoms. The topological polar surface area (TPSA) is 94.2 Å². The number of carbonyl (C=O) groups excluding carboxylic acids is 1. The number of sulfonamides is 1. The molecule has 0 fully saturated rings. The van der Waals surface area contributed by atoms with Crippen molar-refractivity contribution in [3.8, 4) is 23.0 Å². The molecule has 0 saturated carbocycles. The highest BCUT2D eigenvalue weighted by molar-refractivity contribution is 7.89. The van der Waals surface area contributed by atoms with Gasteiger partial charge in [-0.3, -0.25) is 4.79 Å². The molecule has 4 rings (SSSR count). The van der Waals surface area contributed by atoms with Gasteiger partial charge in [0.2, 0.25) is 15.9 Å². The van der Waals surface area contributed by atoms with Crippen LogP contribution in [0.3, 0.4) is 0 Å². The molecule has 202 valence electrons. The number of rotatable bonds is 12. The number of anilines is 1. The molecular formula is C30H30N2O6S. The number of para-hydroxylation sites is 1. The van der Waals surface area contributed by atoms with Crippen molar-refractivity contribution in [2.24, 2.45) is 0 Å². The van der Waals surface area contributed by atoms with Crippen molar-refractivity contribution in [1.29, 1.82) is 0 Å². The van der Waals surface area contributed by atoms with Crippen LogP contribution in [0, 0.1) is 0 Å². The Kier molecular flexibility index (Phi) is 9.19. The molecule has 4 aromatic carbocycles. The van der Waals surface area contributed by atoms with E-state index in [0.29, 0.717) is 29.4 Å². The third-order valence-electron chi connectivity index (χ3n) is 5.92. The zero-order valence-corrected chi connectivity index (χ0v) is 22.6. The number of ether oxygens (including phenoxy) is 3. The number of benzene rings is 4. The maximum atomic E-state index is 13.7. The lowest BCUT2D eigenvalue weighted by atomic mass is 10.1. The van der Waals surface area contributed by atoms with E-state index in [1.807, 2.05) is 60.7 Å². The molecule has 4 aromatic rings. The zero-order valence-electron chi connectivity index (χ0n) is 21.7. The zero-order chi connectivity index (χ0) is 27.7. The van der Waals surface area contributed by atoms with Gasteiger partial charge in [-0.25, -0.2) is 8.42 Å². The van der Waals surface area contributed by atoms with Crippen molar-refractivity contribution in [2.75, 3.05) is 32.6 Å². The Morgan fingerprint density at radius 2 is 1.38 bits per heavy atom. The van der Waals surface area contributed by atoms with Gasteiger partial charge in [0.1, 0.15) is 11.5 Å². The highest BCUT2D eigenvalue weighted by Gasteiger charge is 2.28. The Balaban J connectivity index is 1.50. The van der Waals surface area contributed by atoms with E-state index in [9.17, 15) is 13.2 Å². The number of hydrogen-bond acceptors (Lipinski definition) is 6. The highest BCUT2D eigenvalue weighted by Crippen LogP contribution is 2.31. The lowest BCUT2D eigenvalue weighted by molar-refractivity contribution is -0.116. The van der Waals surface area contributed by atoms with Crippen LogP contribution in [0.1, 0.15) is 5.56 Å². The molecule has 8 nitrogen and oxygen atoms in total. The van der Waals surface area contributed by atoms with Crippen LogP contribution in [0.2, 0.25) is 0 Å². The minimum absolute atomic E-state index is 0.00317. The third-order valence-corrected chi connectivity index (χ3v) is 7.76. The number of hydrogen-bond donors (Lipinski definition) is 1. The minimum atomic E-state index is -4.04. The lowest BCUT2D eigenvalue weighted by Crippen LogP contribution is -2.39. The van der Waals surface area contributed by atoms with Crippen LogP contribution in [0.5, 0.6) is 23.0 Å². The molecule has 0 bridgehead atoms. The van der Waals surface area contributed by atoms with Crippen molar-refractivity contribution >= 4 is 21.6 Å². The first-order valence-electron chi connectivity index (χ1n) is 12.3. The monoisotopic (exact) mass is 546 g/mol. The van der Waals surface area contributed by atoms with Crippen LogP contribution in [-0.4, -0.2) is 45.9 Å². The maximum absolute atomic E-state index is 13.7. The predicted octanol–water partition coefficient (Wildman–Crippen LogP) is 5.37. The van der Waals surface area contributed by atoms with Gasteiger partial charge >= 0.3 is 0 Å². The van der Waals surface area contributed by atoms with Gasteiger partial charge in [-0.2, -0.15) is 4.31 Å². The second-order valence-electron chi connectivity index (χ2n) is 8.58. The smallest absolute Gasteiger partial charge is 0.243 e. The van der Waals surface area contributed by atoms with Crippen LogP contribution < -0.4 is 19.5 Å². The number of amides is 1. The van der Waals surface area contributed by atoms with Crippen LogP contribution in [-0.2, 0) is 21.2 Å². The summed E-state index contributed by atoms with van der Waals surface area (Å²) >= 11 is 0. The van der Waals surface area contributed by atoms with E-state index in [-0.39, 0.29) is 23.7 Å². The summed E-state index contributed by atoms with van der Waals surface area (Å²) in [6.07, 6.45) is 0.437. The predicted molar refractivity (Wildman–Crippen MR) is 150 cm³/mol. The van der Waals surface area contributed by atoms with E-state index >= 15 is 0 Å². The summed E-state index contributed by atoms with van der Waals surface area (Å²) in [5, 5.41) is 2.78. The Hall–Kier alpha value is -4.34. The molecule has 0 radical (unpaired) electrons. The van der Waals surface area contributed by atoms with Crippen molar-refractivity contribution in [1.82, 2.24) is 4.31 Å². The first-order chi connectivity index (χ1) is 18.9. The summed E-state index contributed by atoms with van der Waals surface area (Å²) in [4.78, 5) is 13.0. The first-order valence-corrected chi connectivity index (χ1v) is 13.7. The first kappa shape index (κ1) is 27.7. The van der Waals surface area contributed by atoms with Gasteiger partial charge in [0.25, 0.3) is 0 Å². The molecule has 0 aliphatic carbocycles. The average Bonchev–Trinajstić information content (AvgIpc) is 2.96. The number of methoxy groups -OCH3 is 2. The molecule has 9 heteroatoms. The van der Waals surface area contributed by atoms with E-state index in [1.165, 1.54) is 36.7 Å². The van der Waals surface area contributed by atoms with Gasteiger partial charge in [-0.15, -0.1) is 0 Å². The van der Waals surface area contributed by atoms with Crippen molar-refractivity contribution in [2.45, 2.75) is 11.3 Å². The normalized spacial score (nSPS) is 11.2. The lowest BCUT2D eigenvalue weighted by Gasteiger charge is -2.22. The van der Waals surface area contributed by atoms with E-state index in [2.05, 4.69) is 5.32 Å². The SMILES string of the molecule is COc1ccc(S(=O)(=O)N(CCc2ccccc2)CC(=O)Nc2ccc(Oc3ccccc3)cc2)cc1OC. The molecule has 0 saturated heterocycles. The van der Waals surface area contributed by atoms with Gasteiger partial charge in [-0.1, -0.05) is 48.5 Å². The largest absolute Gasteiger partial charge is 0.493 e. The summed E-state index contributed by atoms with van der Waals surface area (Å²) in [5.74, 6) is 1.53. The molecule has 0 atom stereocenters. The van der Waals surface area contributed by atoms with Gasteiger partial charge in [0.05, 0.1) is 25.7 Å². The van der Waals surface area contributed by atoms with Crippen molar-refractivity contribution < 1.29 is 27.4 Å². The minimum Gasteiger partial charge on any atom is -0.493 e. The molecular weight excluding hydrogens is 516 g/mol.